The Hall–Kier alpha value is 0.916. The van der Waals surface area contributed by atoms with Gasteiger partial charge in [-0.15, -0.1) is 0 Å². The van der Waals surface area contributed by atoms with Crippen molar-refractivity contribution in [2.45, 2.75) is 55.4 Å². The normalized spacial score (nSPS) is 14.5. The first-order valence-corrected chi connectivity index (χ1v) is 7.02. The third-order valence-electron chi connectivity index (χ3n) is 2.59. The molecule has 23 heavy (non-hydrogen) atoms. The van der Waals surface area contributed by atoms with Crippen LogP contribution < -0.4 is 51.4 Å². The average Bonchev–Trinajstić information content (AvgIpc) is 2.24. The second-order valence-corrected chi connectivity index (χ2v) is 5.85. The van der Waals surface area contributed by atoms with Gasteiger partial charge in [0, 0.05) is 12.8 Å². The Bertz CT molecular complexity index is 475. The van der Waals surface area contributed by atoms with Gasteiger partial charge in [-0.3, -0.25) is 0 Å². The van der Waals surface area contributed by atoms with Crippen LogP contribution in [0, 0.1) is 0 Å². The molecule has 0 atom stereocenters. The van der Waals surface area contributed by atoms with Gasteiger partial charge >= 0.3 is 74.7 Å². The van der Waals surface area contributed by atoms with Crippen LogP contribution >= 0.6 is 0 Å². The number of rotatable bonds is 8. The van der Waals surface area contributed by atoms with Crippen molar-refractivity contribution in [3.8, 4) is 0 Å². The molecule has 0 aliphatic heterocycles. The topological polar surface area (TPSA) is 57.2 Å². The van der Waals surface area contributed by atoms with E-state index in [-0.39, 0.29) is 51.4 Å². The first kappa shape index (κ1) is 26.1. The standard InChI is InChI=1S/C9H11F9O3S.K/c10-6(11,4-2-1-3-5-7(12,13)14)8(15,16)9(17,18)22(19,20)21;/h1-5H2,(H,19,20,21);/q;+1/p-1. The molecular weight excluding hydrogens is 398 g/mol. The summed E-state index contributed by atoms with van der Waals surface area (Å²) in [7, 11) is -7.06. The molecule has 0 rings (SSSR count). The van der Waals surface area contributed by atoms with E-state index in [4.69, 9.17) is 0 Å². The van der Waals surface area contributed by atoms with Crippen molar-refractivity contribution >= 4 is 10.1 Å². The van der Waals surface area contributed by atoms with Crippen molar-refractivity contribution in [2.24, 2.45) is 0 Å². The summed E-state index contributed by atoms with van der Waals surface area (Å²) in [5, 5.41) is -6.55. The quantitative estimate of drug-likeness (QED) is 0.260. The zero-order chi connectivity index (χ0) is 18.0. The van der Waals surface area contributed by atoms with Gasteiger partial charge in [0.1, 0.15) is 0 Å². The fourth-order valence-corrected chi connectivity index (χ4v) is 1.84. The molecule has 0 bridgehead atoms. The SMILES string of the molecule is O=S(=O)([O-])C(F)(F)C(F)(F)C(F)(F)CCCCCC(F)(F)F.[K+]. The van der Waals surface area contributed by atoms with E-state index in [1.165, 1.54) is 0 Å². The van der Waals surface area contributed by atoms with Gasteiger partial charge in [0.15, 0.2) is 10.1 Å². The molecule has 0 N–H and O–H groups in total. The number of unbranched alkanes of at least 4 members (excludes halogenated alkanes) is 2. The van der Waals surface area contributed by atoms with Crippen molar-refractivity contribution in [3.05, 3.63) is 0 Å². The minimum Gasteiger partial charge on any atom is -0.743 e. The van der Waals surface area contributed by atoms with Crippen LogP contribution in [0.1, 0.15) is 32.1 Å². The van der Waals surface area contributed by atoms with Gasteiger partial charge < -0.3 is 4.55 Å². The van der Waals surface area contributed by atoms with Crippen LogP contribution in [0.25, 0.3) is 0 Å². The first-order valence-electron chi connectivity index (χ1n) is 5.61. The van der Waals surface area contributed by atoms with Crippen LogP contribution in [0.5, 0.6) is 0 Å². The van der Waals surface area contributed by atoms with Crippen LogP contribution in [0.2, 0.25) is 0 Å². The summed E-state index contributed by atoms with van der Waals surface area (Å²) in [6.45, 7) is 0. The van der Waals surface area contributed by atoms with Crippen LogP contribution in [-0.4, -0.2) is 36.2 Å². The number of alkyl halides is 9. The van der Waals surface area contributed by atoms with Crippen molar-refractivity contribution in [1.29, 1.82) is 0 Å². The summed E-state index contributed by atoms with van der Waals surface area (Å²) in [4.78, 5) is 0. The summed E-state index contributed by atoms with van der Waals surface area (Å²) in [6.07, 6.45) is -10.3. The van der Waals surface area contributed by atoms with Crippen molar-refractivity contribution in [1.82, 2.24) is 0 Å². The summed E-state index contributed by atoms with van der Waals surface area (Å²) in [5.41, 5.74) is 0. The van der Waals surface area contributed by atoms with Crippen molar-refractivity contribution < 1.29 is 104 Å². The molecule has 0 aromatic carbocycles. The smallest absolute Gasteiger partial charge is 0.743 e. The van der Waals surface area contributed by atoms with E-state index in [1.807, 2.05) is 0 Å². The van der Waals surface area contributed by atoms with Gasteiger partial charge in [-0.05, 0) is 12.8 Å². The van der Waals surface area contributed by atoms with Gasteiger partial charge in [-0.2, -0.15) is 39.5 Å². The van der Waals surface area contributed by atoms with Crippen molar-refractivity contribution in [2.75, 3.05) is 0 Å². The fraction of sp³-hybridized carbons (Fsp3) is 1.00. The molecule has 0 fully saturated rings. The molecule has 0 unspecified atom stereocenters. The molecule has 0 saturated heterocycles. The zero-order valence-corrected chi connectivity index (χ0v) is 15.5. The average molecular weight is 408 g/mol. The molecule has 0 spiro atoms. The van der Waals surface area contributed by atoms with Crippen molar-refractivity contribution in [3.63, 3.8) is 0 Å². The molecule has 3 nitrogen and oxygen atoms in total. The Morgan fingerprint density at radius 2 is 1.13 bits per heavy atom. The molecule has 0 amide bonds. The first-order chi connectivity index (χ1) is 9.46. The largest absolute Gasteiger partial charge is 1.00 e. The second kappa shape index (κ2) is 8.53. The van der Waals surface area contributed by atoms with E-state index < -0.39 is 65.5 Å². The van der Waals surface area contributed by atoms with Gasteiger partial charge in [0.2, 0.25) is 0 Å². The molecule has 0 aliphatic rings. The predicted molar refractivity (Wildman–Crippen MR) is 53.7 cm³/mol. The third-order valence-corrected chi connectivity index (χ3v) is 3.47. The molecule has 0 radical (unpaired) electrons. The Kier molecular flexibility index (Phi) is 9.70. The summed E-state index contributed by atoms with van der Waals surface area (Å²) < 4.78 is 142. The maximum Gasteiger partial charge on any atom is 1.00 e. The maximum absolute atomic E-state index is 13.0. The maximum atomic E-state index is 13.0. The molecule has 0 aromatic rings. The molecule has 14 heteroatoms. The number of hydrogen-bond acceptors (Lipinski definition) is 3. The molecule has 0 saturated carbocycles. The van der Waals surface area contributed by atoms with E-state index in [9.17, 15) is 52.5 Å². The van der Waals surface area contributed by atoms with Crippen LogP contribution in [-0.2, 0) is 10.1 Å². The Balaban J connectivity index is 0. The minimum absolute atomic E-state index is 0. The van der Waals surface area contributed by atoms with Gasteiger partial charge in [0.05, 0.1) is 0 Å². The van der Waals surface area contributed by atoms with Crippen LogP contribution in [0.3, 0.4) is 0 Å². The Morgan fingerprint density at radius 3 is 1.48 bits per heavy atom. The molecule has 134 valence electrons. The van der Waals surface area contributed by atoms with Gasteiger partial charge in [0.25, 0.3) is 0 Å². The van der Waals surface area contributed by atoms with E-state index in [0.29, 0.717) is 0 Å². The fourth-order valence-electron chi connectivity index (χ4n) is 1.38. The molecule has 0 heterocycles. The predicted octanol–water partition coefficient (Wildman–Crippen LogP) is 0.912. The molecular formula is C9H10F9KO3S. The van der Waals surface area contributed by atoms with Gasteiger partial charge in [-0.25, -0.2) is 8.42 Å². The number of hydrogen-bond donors (Lipinski definition) is 0. The van der Waals surface area contributed by atoms with E-state index in [0.717, 1.165) is 0 Å². The summed E-state index contributed by atoms with van der Waals surface area (Å²) in [6, 6.07) is 0. The van der Waals surface area contributed by atoms with Crippen LogP contribution in [0.15, 0.2) is 0 Å². The van der Waals surface area contributed by atoms with E-state index in [2.05, 4.69) is 0 Å². The van der Waals surface area contributed by atoms with Gasteiger partial charge in [-0.1, -0.05) is 6.42 Å². The molecule has 0 aliphatic carbocycles. The monoisotopic (exact) mass is 408 g/mol. The number of halogens is 9. The second-order valence-electron chi connectivity index (χ2n) is 4.43. The van der Waals surface area contributed by atoms with E-state index in [1.54, 1.807) is 0 Å². The summed E-state index contributed by atoms with van der Waals surface area (Å²) >= 11 is 0. The Morgan fingerprint density at radius 1 is 0.739 bits per heavy atom. The minimum atomic E-state index is -7.06. The van der Waals surface area contributed by atoms with E-state index >= 15 is 0 Å². The Labute approximate surface area is 168 Å². The zero-order valence-electron chi connectivity index (χ0n) is 11.6. The van der Waals surface area contributed by atoms with Crippen LogP contribution in [0.4, 0.5) is 39.5 Å². The molecule has 0 aromatic heterocycles. The third kappa shape index (κ3) is 6.97. The summed E-state index contributed by atoms with van der Waals surface area (Å²) in [5.74, 6) is -12.1.